The number of likely N-dealkylation sites (tertiary alicyclic amines) is 1. The minimum atomic E-state index is -0.465. The van der Waals surface area contributed by atoms with E-state index in [1.54, 1.807) is 11.0 Å². The largest absolute Gasteiger partial charge is 0.444 e. The van der Waals surface area contributed by atoms with Gasteiger partial charge in [0.2, 0.25) is 5.89 Å². The molecule has 2 aromatic carbocycles. The Bertz CT molecular complexity index is 1340. The van der Waals surface area contributed by atoms with Crippen LogP contribution in [0.5, 0.6) is 0 Å². The predicted molar refractivity (Wildman–Crippen MR) is 140 cm³/mol. The first-order valence-electron chi connectivity index (χ1n) is 12.5. The maximum atomic E-state index is 12.2. The fourth-order valence-electron chi connectivity index (χ4n) is 4.32. The number of aromatic nitrogens is 1. The summed E-state index contributed by atoms with van der Waals surface area (Å²) in [5, 5.41) is 9.34. The van der Waals surface area contributed by atoms with Gasteiger partial charge in [-0.2, -0.15) is 5.26 Å². The molecule has 0 N–H and O–H groups in total. The van der Waals surface area contributed by atoms with Gasteiger partial charge in [-0.25, -0.2) is 9.78 Å². The number of nitrogens with zero attached hydrogens (tertiary/aromatic N) is 3. The molecule has 0 radical (unpaired) electrons. The molecular formula is C30H33N3O3. The van der Waals surface area contributed by atoms with Crippen LogP contribution in [0.2, 0.25) is 0 Å². The van der Waals surface area contributed by atoms with Crippen molar-refractivity contribution in [3.63, 3.8) is 0 Å². The van der Waals surface area contributed by atoms with Crippen LogP contribution in [-0.2, 0) is 4.74 Å². The average Bonchev–Trinajstić information content (AvgIpc) is 3.27. The summed E-state index contributed by atoms with van der Waals surface area (Å²) in [5.41, 5.74) is 4.37. The van der Waals surface area contributed by atoms with E-state index in [4.69, 9.17) is 9.15 Å². The van der Waals surface area contributed by atoms with E-state index in [1.165, 1.54) is 0 Å². The third kappa shape index (κ3) is 6.07. The summed E-state index contributed by atoms with van der Waals surface area (Å²) in [4.78, 5) is 18.7. The van der Waals surface area contributed by atoms with Crippen molar-refractivity contribution in [2.45, 2.75) is 65.4 Å². The van der Waals surface area contributed by atoms with Crippen LogP contribution in [-0.4, -0.2) is 34.7 Å². The quantitative estimate of drug-likeness (QED) is 0.379. The van der Waals surface area contributed by atoms with Gasteiger partial charge >= 0.3 is 6.09 Å². The smallest absolute Gasteiger partial charge is 0.410 e. The molecule has 0 bridgehead atoms. The Labute approximate surface area is 213 Å². The maximum absolute atomic E-state index is 12.2. The lowest BCUT2D eigenvalue weighted by molar-refractivity contribution is 0.0185. The van der Waals surface area contributed by atoms with Crippen LogP contribution in [0.4, 0.5) is 4.79 Å². The third-order valence-corrected chi connectivity index (χ3v) is 6.29. The third-order valence-electron chi connectivity index (χ3n) is 6.29. The number of carbonyl (C=O) groups is 1. The van der Waals surface area contributed by atoms with Gasteiger partial charge in [0, 0.05) is 36.2 Å². The Hall–Kier alpha value is -3.77. The van der Waals surface area contributed by atoms with Crippen molar-refractivity contribution in [1.82, 2.24) is 9.88 Å². The number of hydrogen-bond donors (Lipinski definition) is 0. The van der Waals surface area contributed by atoms with Gasteiger partial charge in [-0.3, -0.25) is 0 Å². The van der Waals surface area contributed by atoms with Crippen LogP contribution in [0.15, 0.2) is 40.8 Å². The number of fused-ring (bicyclic) bond motifs is 1. The molecule has 6 nitrogen and oxygen atoms in total. The number of oxazole rings is 1. The van der Waals surface area contributed by atoms with E-state index in [1.807, 2.05) is 51.1 Å². The molecule has 0 unspecified atom stereocenters. The summed E-state index contributed by atoms with van der Waals surface area (Å²) < 4.78 is 11.6. The highest BCUT2D eigenvalue weighted by atomic mass is 16.6. The summed E-state index contributed by atoms with van der Waals surface area (Å²) in [7, 11) is 0. The molecule has 0 atom stereocenters. The van der Waals surface area contributed by atoms with Gasteiger partial charge in [0.1, 0.15) is 11.1 Å². The lowest BCUT2D eigenvalue weighted by atomic mass is 9.94. The fourth-order valence-corrected chi connectivity index (χ4v) is 4.32. The van der Waals surface area contributed by atoms with Crippen molar-refractivity contribution < 1.29 is 13.9 Å². The summed E-state index contributed by atoms with van der Waals surface area (Å²) in [6.07, 6.45) is 2.47. The molecule has 1 aliphatic rings. The molecule has 2 heterocycles. The number of carbonyl (C=O) groups excluding carboxylic acids is 1. The highest BCUT2D eigenvalue weighted by Crippen LogP contribution is 2.31. The molecule has 0 aliphatic carbocycles. The van der Waals surface area contributed by atoms with Gasteiger partial charge in [-0.1, -0.05) is 25.7 Å². The zero-order valence-corrected chi connectivity index (χ0v) is 21.7. The maximum Gasteiger partial charge on any atom is 0.410 e. The Balaban J connectivity index is 1.37. The number of amides is 1. The minimum absolute atomic E-state index is 0.225. The molecule has 3 aromatic rings. The molecule has 0 saturated carbocycles. The molecule has 4 rings (SSSR count). The van der Waals surface area contributed by atoms with E-state index in [0.29, 0.717) is 22.9 Å². The second kappa shape index (κ2) is 10.5. The molecule has 1 fully saturated rings. The highest BCUT2D eigenvalue weighted by molar-refractivity contribution is 5.81. The van der Waals surface area contributed by atoms with Crippen LogP contribution >= 0.6 is 0 Å². The van der Waals surface area contributed by atoms with Crippen molar-refractivity contribution in [3.8, 4) is 29.4 Å². The Morgan fingerprint density at radius 2 is 1.86 bits per heavy atom. The summed E-state index contributed by atoms with van der Waals surface area (Å²) >= 11 is 0. The predicted octanol–water partition coefficient (Wildman–Crippen LogP) is 6.88. The summed E-state index contributed by atoms with van der Waals surface area (Å²) in [6, 6.07) is 13.7. The minimum Gasteiger partial charge on any atom is -0.444 e. The number of hydrogen-bond acceptors (Lipinski definition) is 5. The Morgan fingerprint density at radius 3 is 2.47 bits per heavy atom. The Morgan fingerprint density at radius 1 is 1.17 bits per heavy atom. The second-order valence-electron chi connectivity index (χ2n) is 10.7. The molecule has 6 heteroatoms. The molecule has 0 spiro atoms. The summed E-state index contributed by atoms with van der Waals surface area (Å²) in [6.45, 7) is 11.3. The topological polar surface area (TPSA) is 79.4 Å². The van der Waals surface area contributed by atoms with Gasteiger partial charge in [0.15, 0.2) is 5.58 Å². The standard InChI is InChI=1S/C30H33N3O3/c1-20(2)25-17-23(19-31)18-26-27(25)35-28(32-26)24-11-9-21(10-12-24)7-6-8-22-13-15-33(16-14-22)29(34)36-30(3,4)5/h9-12,17-18,20,22H,8,13-16H2,1-5H3. The molecule has 1 saturated heterocycles. The SMILES string of the molecule is CC(C)c1cc(C#N)cc2nc(-c3ccc(C#CCC4CCN(C(=O)OC(C)(C)C)CC4)cc3)oc12. The number of benzene rings is 2. The van der Waals surface area contributed by atoms with Crippen LogP contribution < -0.4 is 0 Å². The zero-order valence-electron chi connectivity index (χ0n) is 21.7. The van der Waals surface area contributed by atoms with Gasteiger partial charge in [0.05, 0.1) is 11.6 Å². The number of piperidine rings is 1. The highest BCUT2D eigenvalue weighted by Gasteiger charge is 2.26. The lowest BCUT2D eigenvalue weighted by Gasteiger charge is -2.32. The average molecular weight is 484 g/mol. The van der Waals surface area contributed by atoms with Gasteiger partial charge in [-0.05, 0) is 81.8 Å². The van der Waals surface area contributed by atoms with Crippen molar-refractivity contribution in [1.29, 1.82) is 5.26 Å². The van der Waals surface area contributed by atoms with Crippen molar-refractivity contribution >= 4 is 17.2 Å². The van der Waals surface area contributed by atoms with E-state index >= 15 is 0 Å². The van der Waals surface area contributed by atoms with E-state index < -0.39 is 5.60 Å². The molecular weight excluding hydrogens is 450 g/mol. The second-order valence-corrected chi connectivity index (χ2v) is 10.7. The van der Waals surface area contributed by atoms with Gasteiger partial charge in [-0.15, -0.1) is 0 Å². The Kier molecular flexibility index (Phi) is 7.36. The van der Waals surface area contributed by atoms with Gasteiger partial charge < -0.3 is 14.1 Å². The van der Waals surface area contributed by atoms with Crippen molar-refractivity contribution in [2.24, 2.45) is 5.92 Å². The monoisotopic (exact) mass is 483 g/mol. The van der Waals surface area contributed by atoms with Crippen molar-refractivity contribution in [3.05, 3.63) is 53.1 Å². The van der Waals surface area contributed by atoms with Crippen molar-refractivity contribution in [2.75, 3.05) is 13.1 Å². The first kappa shape index (κ1) is 25.3. The molecule has 186 valence electrons. The van der Waals surface area contributed by atoms with Crippen LogP contribution in [0.1, 0.15) is 76.5 Å². The van der Waals surface area contributed by atoms with Crippen LogP contribution in [0.25, 0.3) is 22.6 Å². The molecule has 1 aliphatic heterocycles. The van der Waals surface area contributed by atoms with Crippen LogP contribution in [0.3, 0.4) is 0 Å². The fraction of sp³-hybridized carbons (Fsp3) is 0.433. The number of rotatable bonds is 3. The lowest BCUT2D eigenvalue weighted by Crippen LogP contribution is -2.41. The normalized spacial score (nSPS) is 14.4. The number of nitriles is 1. The first-order chi connectivity index (χ1) is 17.1. The van der Waals surface area contributed by atoms with E-state index in [9.17, 15) is 10.1 Å². The molecule has 1 amide bonds. The number of ether oxygens (including phenoxy) is 1. The van der Waals surface area contributed by atoms with Crippen LogP contribution in [0, 0.1) is 29.1 Å². The zero-order chi connectivity index (χ0) is 25.9. The van der Waals surface area contributed by atoms with Gasteiger partial charge in [0.25, 0.3) is 0 Å². The molecule has 36 heavy (non-hydrogen) atoms. The van der Waals surface area contributed by atoms with E-state index in [2.05, 4.69) is 36.7 Å². The van der Waals surface area contributed by atoms with E-state index in [0.717, 1.165) is 54.6 Å². The van der Waals surface area contributed by atoms with E-state index in [-0.39, 0.29) is 12.0 Å². The first-order valence-corrected chi connectivity index (χ1v) is 12.5. The summed E-state index contributed by atoms with van der Waals surface area (Å²) in [5.74, 6) is 7.83. The molecule has 1 aromatic heterocycles.